The predicted octanol–water partition coefficient (Wildman–Crippen LogP) is 6.04. The first-order valence-electron chi connectivity index (χ1n) is 6.16. The molecule has 0 aliphatic rings. The topological polar surface area (TPSA) is 30.2 Å². The SMILES string of the molecule is Cc1c(C(=O)c2cccc(Cl)c2Cl)oc2cc(Br)ccc12. The van der Waals surface area contributed by atoms with Gasteiger partial charge in [-0.1, -0.05) is 45.2 Å². The average Bonchev–Trinajstić information content (AvgIpc) is 2.78. The summed E-state index contributed by atoms with van der Waals surface area (Å²) in [5.41, 5.74) is 1.78. The van der Waals surface area contributed by atoms with Gasteiger partial charge < -0.3 is 4.42 Å². The smallest absolute Gasteiger partial charge is 0.230 e. The fourth-order valence-electron chi connectivity index (χ4n) is 2.22. The van der Waals surface area contributed by atoms with Crippen LogP contribution in [0.15, 0.2) is 45.3 Å². The van der Waals surface area contributed by atoms with Crippen LogP contribution in [0.2, 0.25) is 10.0 Å². The van der Waals surface area contributed by atoms with Crippen LogP contribution in [0.4, 0.5) is 0 Å². The molecule has 3 rings (SSSR count). The number of rotatable bonds is 2. The highest BCUT2D eigenvalue weighted by molar-refractivity contribution is 9.10. The third-order valence-corrected chi connectivity index (χ3v) is 4.61. The standard InChI is InChI=1S/C16H9BrCl2O2/c1-8-10-6-5-9(17)7-13(10)21-16(8)15(20)11-3-2-4-12(18)14(11)19/h2-7H,1H3. The molecule has 0 radical (unpaired) electrons. The summed E-state index contributed by atoms with van der Waals surface area (Å²) in [6.45, 7) is 1.85. The van der Waals surface area contributed by atoms with Crippen LogP contribution in [0, 0.1) is 6.92 Å². The first-order chi connectivity index (χ1) is 9.99. The average molecular weight is 384 g/mol. The minimum atomic E-state index is -0.271. The van der Waals surface area contributed by atoms with Gasteiger partial charge in [0.05, 0.1) is 10.0 Å². The summed E-state index contributed by atoms with van der Waals surface area (Å²) in [4.78, 5) is 12.6. The highest BCUT2D eigenvalue weighted by atomic mass is 79.9. The Balaban J connectivity index is 2.18. The first-order valence-corrected chi connectivity index (χ1v) is 7.71. The second-order valence-electron chi connectivity index (χ2n) is 4.63. The summed E-state index contributed by atoms with van der Waals surface area (Å²) in [5, 5.41) is 1.49. The molecule has 0 saturated heterocycles. The van der Waals surface area contributed by atoms with Gasteiger partial charge in [0.25, 0.3) is 0 Å². The largest absolute Gasteiger partial charge is 0.452 e. The van der Waals surface area contributed by atoms with Crippen molar-refractivity contribution in [3.8, 4) is 0 Å². The molecule has 5 heteroatoms. The number of halogens is 3. The van der Waals surface area contributed by atoms with E-state index in [4.69, 9.17) is 27.6 Å². The zero-order valence-electron chi connectivity index (χ0n) is 10.9. The van der Waals surface area contributed by atoms with Crippen molar-refractivity contribution in [2.75, 3.05) is 0 Å². The Morgan fingerprint density at radius 2 is 1.95 bits per heavy atom. The molecule has 0 unspecified atom stereocenters. The fourth-order valence-corrected chi connectivity index (χ4v) is 2.94. The van der Waals surface area contributed by atoms with Crippen LogP contribution in [-0.4, -0.2) is 5.78 Å². The van der Waals surface area contributed by atoms with Gasteiger partial charge in [-0.2, -0.15) is 0 Å². The van der Waals surface area contributed by atoms with Gasteiger partial charge in [0.15, 0.2) is 5.76 Å². The molecule has 0 aliphatic heterocycles. The molecule has 106 valence electrons. The number of fused-ring (bicyclic) bond motifs is 1. The number of hydrogen-bond donors (Lipinski definition) is 0. The summed E-state index contributed by atoms with van der Waals surface area (Å²) in [6, 6.07) is 10.6. The number of carbonyl (C=O) groups is 1. The molecule has 0 atom stereocenters. The van der Waals surface area contributed by atoms with Crippen LogP contribution in [-0.2, 0) is 0 Å². The van der Waals surface area contributed by atoms with Crippen LogP contribution in [0.25, 0.3) is 11.0 Å². The Bertz CT molecular complexity index is 868. The number of furan rings is 1. The summed E-state index contributed by atoms with van der Waals surface area (Å²) in [5.74, 6) is 0.0135. The fraction of sp³-hybridized carbons (Fsp3) is 0.0625. The second kappa shape index (κ2) is 5.48. The van der Waals surface area contributed by atoms with Crippen LogP contribution < -0.4 is 0 Å². The van der Waals surface area contributed by atoms with E-state index in [-0.39, 0.29) is 16.6 Å². The van der Waals surface area contributed by atoms with E-state index in [1.54, 1.807) is 18.2 Å². The summed E-state index contributed by atoms with van der Waals surface area (Å²) < 4.78 is 6.60. The third-order valence-electron chi connectivity index (χ3n) is 3.30. The number of benzene rings is 2. The Morgan fingerprint density at radius 3 is 2.71 bits per heavy atom. The molecule has 1 aromatic heterocycles. The molecule has 2 aromatic carbocycles. The van der Waals surface area contributed by atoms with Crippen molar-refractivity contribution in [2.45, 2.75) is 6.92 Å². The molecular weight excluding hydrogens is 375 g/mol. The highest BCUT2D eigenvalue weighted by Gasteiger charge is 2.22. The van der Waals surface area contributed by atoms with Gasteiger partial charge in [-0.3, -0.25) is 4.79 Å². The van der Waals surface area contributed by atoms with Crippen molar-refractivity contribution in [1.82, 2.24) is 0 Å². The summed E-state index contributed by atoms with van der Waals surface area (Å²) in [6.07, 6.45) is 0. The lowest BCUT2D eigenvalue weighted by molar-refractivity contribution is 0.101. The Kier molecular flexibility index (Phi) is 3.82. The van der Waals surface area contributed by atoms with E-state index in [1.165, 1.54) is 0 Å². The Hall–Kier alpha value is -1.29. The van der Waals surface area contributed by atoms with Gasteiger partial charge in [-0.15, -0.1) is 0 Å². The molecule has 3 aromatic rings. The molecule has 0 amide bonds. The van der Waals surface area contributed by atoms with Gasteiger partial charge in [0, 0.05) is 21.0 Å². The van der Waals surface area contributed by atoms with Crippen LogP contribution in [0.5, 0.6) is 0 Å². The van der Waals surface area contributed by atoms with Gasteiger partial charge in [-0.25, -0.2) is 0 Å². The maximum absolute atomic E-state index is 12.6. The molecule has 2 nitrogen and oxygen atoms in total. The van der Waals surface area contributed by atoms with Crippen molar-refractivity contribution >= 4 is 55.9 Å². The van der Waals surface area contributed by atoms with E-state index >= 15 is 0 Å². The van der Waals surface area contributed by atoms with Crippen molar-refractivity contribution in [2.24, 2.45) is 0 Å². The molecule has 0 aliphatic carbocycles. The lowest BCUT2D eigenvalue weighted by Gasteiger charge is -2.03. The highest BCUT2D eigenvalue weighted by Crippen LogP contribution is 2.32. The Morgan fingerprint density at radius 1 is 1.19 bits per heavy atom. The lowest BCUT2D eigenvalue weighted by Crippen LogP contribution is -2.02. The summed E-state index contributed by atoms with van der Waals surface area (Å²) in [7, 11) is 0. The Labute approximate surface area is 139 Å². The molecule has 0 bridgehead atoms. The molecule has 0 spiro atoms. The number of hydrogen-bond acceptors (Lipinski definition) is 2. The number of carbonyl (C=O) groups excluding carboxylic acids is 1. The minimum absolute atomic E-state index is 0.241. The van der Waals surface area contributed by atoms with E-state index in [0.29, 0.717) is 16.2 Å². The van der Waals surface area contributed by atoms with E-state index in [2.05, 4.69) is 15.9 Å². The van der Waals surface area contributed by atoms with Gasteiger partial charge in [0.2, 0.25) is 5.78 Å². The van der Waals surface area contributed by atoms with Crippen LogP contribution in [0.1, 0.15) is 21.7 Å². The van der Waals surface area contributed by atoms with Gasteiger partial charge >= 0.3 is 0 Å². The van der Waals surface area contributed by atoms with E-state index in [9.17, 15) is 4.79 Å². The zero-order valence-corrected chi connectivity index (χ0v) is 14.0. The summed E-state index contributed by atoms with van der Waals surface area (Å²) >= 11 is 15.5. The lowest BCUT2D eigenvalue weighted by atomic mass is 10.0. The maximum Gasteiger partial charge on any atom is 0.230 e. The molecule has 0 N–H and O–H groups in total. The van der Waals surface area contributed by atoms with Crippen molar-refractivity contribution in [3.63, 3.8) is 0 Å². The molecule has 0 fully saturated rings. The quantitative estimate of drug-likeness (QED) is 0.505. The number of ketones is 1. The minimum Gasteiger partial charge on any atom is -0.452 e. The van der Waals surface area contributed by atoms with Gasteiger partial charge in [-0.05, 0) is 37.3 Å². The maximum atomic E-state index is 12.6. The monoisotopic (exact) mass is 382 g/mol. The van der Waals surface area contributed by atoms with Crippen LogP contribution >= 0.6 is 39.1 Å². The molecular formula is C16H9BrCl2O2. The second-order valence-corrected chi connectivity index (χ2v) is 6.33. The first kappa shape index (κ1) is 14.6. The van der Waals surface area contributed by atoms with E-state index < -0.39 is 0 Å². The third kappa shape index (κ3) is 2.50. The van der Waals surface area contributed by atoms with E-state index in [0.717, 1.165) is 15.4 Å². The van der Waals surface area contributed by atoms with Crippen molar-refractivity contribution in [1.29, 1.82) is 0 Å². The van der Waals surface area contributed by atoms with Crippen molar-refractivity contribution in [3.05, 3.63) is 67.8 Å². The van der Waals surface area contributed by atoms with E-state index in [1.807, 2.05) is 25.1 Å². The predicted molar refractivity (Wildman–Crippen MR) is 88.5 cm³/mol. The van der Waals surface area contributed by atoms with Crippen molar-refractivity contribution < 1.29 is 9.21 Å². The molecule has 0 saturated carbocycles. The molecule has 1 heterocycles. The number of aryl methyl sites for hydroxylation is 1. The normalized spacial score (nSPS) is 11.0. The van der Waals surface area contributed by atoms with Gasteiger partial charge in [0.1, 0.15) is 5.58 Å². The molecule has 21 heavy (non-hydrogen) atoms. The zero-order chi connectivity index (χ0) is 15.1. The van der Waals surface area contributed by atoms with Crippen LogP contribution in [0.3, 0.4) is 0 Å².